The molecule has 3 amide bonds. The number of amides is 3. The highest BCUT2D eigenvalue weighted by atomic mass is 16.6. The highest BCUT2D eigenvalue weighted by Crippen LogP contribution is 2.13. The van der Waals surface area contributed by atoms with Crippen LogP contribution in [-0.4, -0.2) is 109 Å². The van der Waals surface area contributed by atoms with Crippen LogP contribution in [0.15, 0.2) is 6.20 Å². The van der Waals surface area contributed by atoms with Crippen molar-refractivity contribution in [1.29, 1.82) is 0 Å². The van der Waals surface area contributed by atoms with E-state index in [9.17, 15) is 24.3 Å². The largest absolute Gasteiger partial charge is 0.480 e. The number of nitrogens with one attached hydrogen (secondary N) is 3. The van der Waals surface area contributed by atoms with E-state index >= 15 is 0 Å². The summed E-state index contributed by atoms with van der Waals surface area (Å²) in [6, 6.07) is -1.09. The minimum Gasteiger partial charge on any atom is -0.480 e. The molecule has 0 aliphatic carbocycles. The van der Waals surface area contributed by atoms with E-state index in [4.69, 9.17) is 18.9 Å². The Bertz CT molecular complexity index is 1090. The maximum absolute atomic E-state index is 12.3. The van der Waals surface area contributed by atoms with Gasteiger partial charge in [0, 0.05) is 38.5 Å². The summed E-state index contributed by atoms with van der Waals surface area (Å²) in [6.07, 6.45) is 21.1. The lowest BCUT2D eigenvalue weighted by Crippen LogP contribution is -2.41. The summed E-state index contributed by atoms with van der Waals surface area (Å²) >= 11 is 0. The normalized spacial score (nSPS) is 11.7. The Hall–Kier alpha value is -3.30. The fourth-order valence-electron chi connectivity index (χ4n) is 5.58. The number of rotatable bonds is 38. The highest BCUT2D eigenvalue weighted by Gasteiger charge is 2.20. The molecule has 0 saturated heterocycles. The van der Waals surface area contributed by atoms with Gasteiger partial charge in [-0.25, -0.2) is 14.3 Å². The third-order valence-corrected chi connectivity index (χ3v) is 8.81. The van der Waals surface area contributed by atoms with Crippen molar-refractivity contribution in [2.24, 2.45) is 0 Å². The van der Waals surface area contributed by atoms with Crippen LogP contribution in [0.1, 0.15) is 142 Å². The number of carboxylic acid groups (broad SMARTS) is 1. The molecule has 15 heteroatoms. The number of carboxylic acids is 1. The van der Waals surface area contributed by atoms with Gasteiger partial charge in [-0.1, -0.05) is 109 Å². The molecule has 1 unspecified atom stereocenters. The van der Waals surface area contributed by atoms with E-state index < -0.39 is 18.1 Å². The monoisotopic (exact) mass is 769 g/mol. The van der Waals surface area contributed by atoms with Gasteiger partial charge in [0.05, 0.1) is 58.5 Å². The van der Waals surface area contributed by atoms with E-state index in [1.807, 2.05) is 0 Å². The molecule has 0 aromatic carbocycles. The topological polar surface area (TPSA) is 192 Å². The van der Waals surface area contributed by atoms with Crippen molar-refractivity contribution in [3.05, 3.63) is 11.9 Å². The molecule has 312 valence electrons. The second-order valence-electron chi connectivity index (χ2n) is 13.7. The fourth-order valence-corrected chi connectivity index (χ4v) is 5.58. The van der Waals surface area contributed by atoms with Crippen LogP contribution in [0.25, 0.3) is 0 Å². The lowest BCUT2D eigenvalue weighted by molar-refractivity contribution is -0.142. The average molecular weight is 769 g/mol. The Morgan fingerprint density at radius 1 is 0.667 bits per heavy atom. The molecule has 4 N–H and O–H groups in total. The molecule has 1 heterocycles. The summed E-state index contributed by atoms with van der Waals surface area (Å²) in [5.74, 6) is -1.72. The van der Waals surface area contributed by atoms with E-state index in [1.54, 1.807) is 10.9 Å². The standard InChI is InChI=1S/C39H72N6O9/c1-3-5-7-8-9-10-11-12-13-14-15-16-17-19-37(47)42-35(38(48)49)20-21-36(46)40-24-27-51-29-31-53-32-30-52-28-25-45-33-34(43-44-45)22-26-54-39(50)41-23-18-6-4-2/h33,35H,3-32H2,1-2H3,(H,40,46)(H,41,50)(H,42,47)(H,48,49). The van der Waals surface area contributed by atoms with Gasteiger partial charge in [-0.05, 0) is 19.3 Å². The predicted molar refractivity (Wildman–Crippen MR) is 207 cm³/mol. The molecule has 1 atom stereocenters. The van der Waals surface area contributed by atoms with Crippen LogP contribution in [-0.2, 0) is 46.3 Å². The zero-order chi connectivity index (χ0) is 39.3. The van der Waals surface area contributed by atoms with Gasteiger partial charge in [-0.2, -0.15) is 0 Å². The van der Waals surface area contributed by atoms with Crippen molar-refractivity contribution in [1.82, 2.24) is 30.9 Å². The zero-order valence-electron chi connectivity index (χ0n) is 33.4. The maximum atomic E-state index is 12.3. The lowest BCUT2D eigenvalue weighted by atomic mass is 10.0. The number of hydrogen-bond acceptors (Lipinski definition) is 10. The molecule has 0 saturated carbocycles. The van der Waals surface area contributed by atoms with Gasteiger partial charge in [0.2, 0.25) is 11.8 Å². The number of aromatic nitrogens is 3. The number of carbonyl (C=O) groups excluding carboxylic acids is 3. The molecule has 0 bridgehead atoms. The molecule has 0 aliphatic rings. The van der Waals surface area contributed by atoms with Crippen molar-refractivity contribution in [2.75, 3.05) is 59.3 Å². The molecular weight excluding hydrogens is 696 g/mol. The summed E-state index contributed by atoms with van der Waals surface area (Å²) in [5.41, 5.74) is 0.735. The van der Waals surface area contributed by atoms with Gasteiger partial charge >= 0.3 is 12.1 Å². The Morgan fingerprint density at radius 2 is 1.24 bits per heavy atom. The van der Waals surface area contributed by atoms with Crippen LogP contribution in [0.2, 0.25) is 0 Å². The number of carbonyl (C=O) groups is 4. The van der Waals surface area contributed by atoms with Crippen molar-refractivity contribution in [3.63, 3.8) is 0 Å². The molecule has 0 radical (unpaired) electrons. The van der Waals surface area contributed by atoms with Gasteiger partial charge in [-0.15, -0.1) is 5.10 Å². The Labute approximate surface area is 323 Å². The third-order valence-electron chi connectivity index (χ3n) is 8.81. The SMILES string of the molecule is CCCCCCCCCCCCCCCC(=O)NC(CCC(=O)NCCOCCOCCOCCn1cc(CCOC(=O)NCCCCC)nn1)C(=O)O. The van der Waals surface area contributed by atoms with Crippen LogP contribution in [0.4, 0.5) is 4.79 Å². The molecule has 15 nitrogen and oxygen atoms in total. The lowest BCUT2D eigenvalue weighted by Gasteiger charge is -2.14. The number of alkyl carbamates (subject to hydrolysis) is 1. The van der Waals surface area contributed by atoms with Gasteiger partial charge in [0.15, 0.2) is 0 Å². The predicted octanol–water partition coefficient (Wildman–Crippen LogP) is 5.73. The third kappa shape index (κ3) is 30.1. The first-order valence-electron chi connectivity index (χ1n) is 20.7. The first-order valence-corrected chi connectivity index (χ1v) is 20.7. The van der Waals surface area contributed by atoms with Crippen molar-refractivity contribution >= 4 is 23.9 Å². The Balaban J connectivity index is 1.95. The fraction of sp³-hybridized carbons (Fsp3) is 0.846. The molecule has 0 aliphatic heterocycles. The van der Waals surface area contributed by atoms with E-state index in [2.05, 4.69) is 40.1 Å². The van der Waals surface area contributed by atoms with Crippen molar-refractivity contribution in [3.8, 4) is 0 Å². The van der Waals surface area contributed by atoms with E-state index in [0.29, 0.717) is 65.6 Å². The number of hydrogen-bond donors (Lipinski definition) is 4. The van der Waals surface area contributed by atoms with E-state index in [0.717, 1.165) is 44.2 Å². The number of nitrogens with zero attached hydrogens (tertiary/aromatic N) is 3. The second-order valence-corrected chi connectivity index (χ2v) is 13.7. The summed E-state index contributed by atoms with van der Waals surface area (Å²) in [6.45, 7) is 8.31. The minimum absolute atomic E-state index is 0.00841. The number of unbranched alkanes of at least 4 members (excludes halogenated alkanes) is 14. The molecule has 0 spiro atoms. The van der Waals surface area contributed by atoms with Crippen molar-refractivity contribution in [2.45, 2.75) is 155 Å². The van der Waals surface area contributed by atoms with Crippen LogP contribution < -0.4 is 16.0 Å². The minimum atomic E-state index is -1.14. The quantitative estimate of drug-likeness (QED) is 0.0601. The summed E-state index contributed by atoms with van der Waals surface area (Å²) < 4.78 is 23.4. The van der Waals surface area contributed by atoms with Crippen LogP contribution in [0, 0.1) is 0 Å². The summed E-state index contributed by atoms with van der Waals surface area (Å²) in [7, 11) is 0. The van der Waals surface area contributed by atoms with Gasteiger partial charge in [-0.3, -0.25) is 9.59 Å². The molecule has 1 rings (SSSR count). The van der Waals surface area contributed by atoms with Gasteiger partial charge in [0.1, 0.15) is 6.04 Å². The van der Waals surface area contributed by atoms with Gasteiger partial charge < -0.3 is 40.0 Å². The van der Waals surface area contributed by atoms with E-state index in [1.165, 1.54) is 64.2 Å². The molecule has 0 fully saturated rings. The molecular formula is C39H72N6O9. The Morgan fingerprint density at radius 3 is 1.87 bits per heavy atom. The summed E-state index contributed by atoms with van der Waals surface area (Å²) in [4.78, 5) is 47.8. The van der Waals surface area contributed by atoms with Crippen LogP contribution in [0.3, 0.4) is 0 Å². The smallest absolute Gasteiger partial charge is 0.407 e. The zero-order valence-corrected chi connectivity index (χ0v) is 33.4. The first kappa shape index (κ1) is 48.7. The van der Waals surface area contributed by atoms with E-state index in [-0.39, 0.29) is 37.8 Å². The van der Waals surface area contributed by atoms with Crippen molar-refractivity contribution < 1.29 is 43.2 Å². The van der Waals surface area contributed by atoms with Gasteiger partial charge in [0.25, 0.3) is 0 Å². The van der Waals surface area contributed by atoms with Crippen LogP contribution >= 0.6 is 0 Å². The average Bonchev–Trinajstić information content (AvgIpc) is 3.61. The molecule has 1 aromatic heterocycles. The molecule has 1 aromatic rings. The highest BCUT2D eigenvalue weighted by molar-refractivity contribution is 5.84. The summed E-state index contributed by atoms with van der Waals surface area (Å²) in [5, 5.41) is 25.7. The number of aliphatic carboxylic acids is 1. The maximum Gasteiger partial charge on any atom is 0.407 e. The number of ether oxygens (including phenoxy) is 4. The first-order chi connectivity index (χ1) is 26.3. The van der Waals surface area contributed by atoms with Crippen LogP contribution in [0.5, 0.6) is 0 Å². The second kappa shape index (κ2) is 35.4. The molecule has 54 heavy (non-hydrogen) atoms. The Kier molecular flexibility index (Phi) is 31.9.